The van der Waals surface area contributed by atoms with Crippen LogP contribution < -0.4 is 5.76 Å². The van der Waals surface area contributed by atoms with Crippen LogP contribution >= 0.6 is 0 Å². The Morgan fingerprint density at radius 1 is 0.886 bits per heavy atom. The molecule has 4 rings (SSSR count). The molecule has 0 saturated carbocycles. The van der Waals surface area contributed by atoms with E-state index in [0.29, 0.717) is 36.5 Å². The van der Waals surface area contributed by atoms with Crippen LogP contribution in [0.25, 0.3) is 11.1 Å². The van der Waals surface area contributed by atoms with Crippen LogP contribution in [-0.2, 0) is 21.4 Å². The van der Waals surface area contributed by atoms with E-state index in [1.807, 2.05) is 52.8 Å². The maximum absolute atomic E-state index is 13.5. The van der Waals surface area contributed by atoms with Crippen molar-refractivity contribution < 1.29 is 17.6 Å². The lowest BCUT2D eigenvalue weighted by atomic mass is 9.95. The first-order valence-electron chi connectivity index (χ1n) is 12.0. The molecule has 2 aromatic carbocycles. The lowest BCUT2D eigenvalue weighted by Gasteiger charge is -2.35. The van der Waals surface area contributed by atoms with Gasteiger partial charge in [-0.15, -0.1) is 0 Å². The van der Waals surface area contributed by atoms with E-state index in [2.05, 4.69) is 0 Å². The maximum Gasteiger partial charge on any atom is 0.419 e. The van der Waals surface area contributed by atoms with Crippen molar-refractivity contribution in [2.75, 3.05) is 26.2 Å². The van der Waals surface area contributed by atoms with Crippen LogP contribution in [0.3, 0.4) is 0 Å². The van der Waals surface area contributed by atoms with Crippen LogP contribution in [0.1, 0.15) is 40.7 Å². The van der Waals surface area contributed by atoms with Crippen LogP contribution in [0.15, 0.2) is 38.4 Å². The first-order chi connectivity index (χ1) is 16.5. The number of nitrogens with zero attached hydrogens (tertiary/aromatic N) is 3. The van der Waals surface area contributed by atoms with Gasteiger partial charge in [-0.3, -0.25) is 9.36 Å². The summed E-state index contributed by atoms with van der Waals surface area (Å²) in [6.45, 7) is 11.3. The third kappa shape index (κ3) is 4.54. The number of fused-ring (bicyclic) bond motifs is 1. The van der Waals surface area contributed by atoms with Gasteiger partial charge < -0.3 is 9.32 Å². The van der Waals surface area contributed by atoms with Gasteiger partial charge >= 0.3 is 5.76 Å². The fourth-order valence-corrected chi connectivity index (χ4v) is 6.91. The van der Waals surface area contributed by atoms with E-state index in [0.717, 1.165) is 33.3 Å². The number of hydrogen-bond acceptors (Lipinski definition) is 5. The molecule has 9 heteroatoms. The minimum absolute atomic E-state index is 0.0303. The molecular formula is C26H33N3O5S. The lowest BCUT2D eigenvalue weighted by molar-refractivity contribution is -0.132. The highest BCUT2D eigenvalue weighted by Crippen LogP contribution is 2.32. The molecule has 1 fully saturated rings. The first kappa shape index (κ1) is 25.2. The number of sulfonamides is 1. The van der Waals surface area contributed by atoms with Gasteiger partial charge in [0.1, 0.15) is 0 Å². The van der Waals surface area contributed by atoms with E-state index in [4.69, 9.17) is 4.42 Å². The molecule has 0 N–H and O–H groups in total. The molecule has 188 valence electrons. The summed E-state index contributed by atoms with van der Waals surface area (Å²) in [6.07, 6.45) is 0.786. The minimum atomic E-state index is -3.66. The summed E-state index contributed by atoms with van der Waals surface area (Å²) >= 11 is 0. The van der Waals surface area contributed by atoms with Gasteiger partial charge in [-0.05, 0) is 81.0 Å². The molecule has 2 heterocycles. The third-order valence-electron chi connectivity index (χ3n) is 7.47. The SMILES string of the molecule is Cc1c(C)c(C)c(S(=O)(=O)N2CCN(C(=O)CCCn3c(=O)oc4ccccc43)CC2)c(C)c1C. The summed E-state index contributed by atoms with van der Waals surface area (Å²) in [4.78, 5) is 27.0. The molecular weight excluding hydrogens is 466 g/mol. The summed E-state index contributed by atoms with van der Waals surface area (Å²) in [5, 5.41) is 0. The highest BCUT2D eigenvalue weighted by atomic mass is 32.2. The number of piperazine rings is 1. The van der Waals surface area contributed by atoms with Gasteiger partial charge in [-0.1, -0.05) is 12.1 Å². The number of amides is 1. The zero-order chi connectivity index (χ0) is 25.5. The minimum Gasteiger partial charge on any atom is -0.408 e. The molecule has 8 nitrogen and oxygen atoms in total. The van der Waals surface area contributed by atoms with Gasteiger partial charge in [0.15, 0.2) is 5.58 Å². The molecule has 1 aliphatic rings. The smallest absolute Gasteiger partial charge is 0.408 e. The highest BCUT2D eigenvalue weighted by molar-refractivity contribution is 7.89. The molecule has 0 unspecified atom stereocenters. The van der Waals surface area contributed by atoms with Crippen LogP contribution in [0.4, 0.5) is 0 Å². The van der Waals surface area contributed by atoms with Gasteiger partial charge in [0.25, 0.3) is 0 Å². The van der Waals surface area contributed by atoms with Gasteiger partial charge in [0.2, 0.25) is 15.9 Å². The topological polar surface area (TPSA) is 92.8 Å². The van der Waals surface area contributed by atoms with E-state index in [1.165, 1.54) is 4.31 Å². The predicted molar refractivity (Wildman–Crippen MR) is 135 cm³/mol. The predicted octanol–water partition coefficient (Wildman–Crippen LogP) is 3.45. The summed E-state index contributed by atoms with van der Waals surface area (Å²) in [5.74, 6) is -0.457. The Balaban J connectivity index is 1.38. The Morgan fingerprint density at radius 2 is 1.46 bits per heavy atom. The molecule has 0 spiro atoms. The standard InChI is InChI=1S/C26H33N3O5S/c1-17-18(2)20(4)25(21(5)19(17)3)35(32,33)28-15-13-27(14-16-28)24(30)11-8-12-29-22-9-6-7-10-23(22)34-26(29)31/h6-7,9-10H,8,11-16H2,1-5H3. The van der Waals surface area contributed by atoms with Gasteiger partial charge in [-0.2, -0.15) is 4.31 Å². The summed E-state index contributed by atoms with van der Waals surface area (Å²) in [6, 6.07) is 7.22. The molecule has 1 aliphatic heterocycles. The molecule has 0 atom stereocenters. The molecule has 0 bridgehead atoms. The third-order valence-corrected chi connectivity index (χ3v) is 9.64. The van der Waals surface area contributed by atoms with Crippen molar-refractivity contribution >= 4 is 27.0 Å². The summed E-state index contributed by atoms with van der Waals surface area (Å²) in [5.41, 5.74) is 5.98. The van der Waals surface area contributed by atoms with E-state index < -0.39 is 15.8 Å². The van der Waals surface area contributed by atoms with Crippen molar-refractivity contribution in [3.8, 4) is 0 Å². The van der Waals surface area contributed by atoms with Crippen LogP contribution in [0.5, 0.6) is 0 Å². The zero-order valence-electron chi connectivity index (χ0n) is 21.1. The first-order valence-corrected chi connectivity index (χ1v) is 13.4. The number of hydrogen-bond donors (Lipinski definition) is 0. The van der Waals surface area contributed by atoms with E-state index in [-0.39, 0.29) is 25.4 Å². The molecule has 3 aromatic rings. The highest BCUT2D eigenvalue weighted by Gasteiger charge is 2.33. The quantitative estimate of drug-likeness (QED) is 0.518. The van der Waals surface area contributed by atoms with Crippen molar-refractivity contribution in [3.05, 3.63) is 62.6 Å². The fraction of sp³-hybridized carbons (Fsp3) is 0.462. The Labute approximate surface area is 206 Å². The summed E-state index contributed by atoms with van der Waals surface area (Å²) in [7, 11) is -3.66. The Kier molecular flexibility index (Phi) is 6.92. The van der Waals surface area contributed by atoms with Gasteiger partial charge in [0, 0.05) is 39.1 Å². The molecule has 1 amide bonds. The second kappa shape index (κ2) is 9.62. The average Bonchev–Trinajstić information content (AvgIpc) is 3.16. The van der Waals surface area contributed by atoms with Crippen molar-refractivity contribution in [3.63, 3.8) is 0 Å². The maximum atomic E-state index is 13.5. The van der Waals surface area contributed by atoms with E-state index >= 15 is 0 Å². The second-order valence-corrected chi connectivity index (χ2v) is 11.2. The van der Waals surface area contributed by atoms with Crippen molar-refractivity contribution in [2.24, 2.45) is 0 Å². The monoisotopic (exact) mass is 499 g/mol. The molecule has 1 aromatic heterocycles. The Bertz CT molecular complexity index is 1410. The van der Waals surface area contributed by atoms with Crippen LogP contribution in [-0.4, -0.2) is 54.3 Å². The number of benzene rings is 2. The number of carbonyl (C=O) groups is 1. The number of carbonyl (C=O) groups excluding carboxylic acids is 1. The molecule has 1 saturated heterocycles. The van der Waals surface area contributed by atoms with Crippen molar-refractivity contribution in [1.29, 1.82) is 0 Å². The number of oxazole rings is 1. The Hall–Kier alpha value is -2.91. The van der Waals surface area contributed by atoms with Crippen molar-refractivity contribution in [2.45, 2.75) is 58.9 Å². The average molecular weight is 500 g/mol. The molecule has 0 radical (unpaired) electrons. The number of aryl methyl sites for hydroxylation is 1. The zero-order valence-corrected chi connectivity index (χ0v) is 21.9. The van der Waals surface area contributed by atoms with Crippen molar-refractivity contribution in [1.82, 2.24) is 13.8 Å². The van der Waals surface area contributed by atoms with Gasteiger partial charge in [-0.25, -0.2) is 13.2 Å². The van der Waals surface area contributed by atoms with Gasteiger partial charge in [0.05, 0.1) is 10.4 Å². The largest absolute Gasteiger partial charge is 0.419 e. The van der Waals surface area contributed by atoms with E-state index in [9.17, 15) is 18.0 Å². The van der Waals surface area contributed by atoms with E-state index in [1.54, 1.807) is 15.5 Å². The lowest BCUT2D eigenvalue weighted by Crippen LogP contribution is -2.50. The fourth-order valence-electron chi connectivity index (χ4n) is 4.93. The van der Waals surface area contributed by atoms with Crippen LogP contribution in [0.2, 0.25) is 0 Å². The number of aromatic nitrogens is 1. The Morgan fingerprint density at radius 3 is 2.09 bits per heavy atom. The normalized spacial score (nSPS) is 15.2. The molecule has 0 aliphatic carbocycles. The molecule has 35 heavy (non-hydrogen) atoms. The second-order valence-electron chi connectivity index (χ2n) is 9.33. The van der Waals surface area contributed by atoms with Crippen LogP contribution in [0, 0.1) is 34.6 Å². The number of para-hydroxylation sites is 2. The summed E-state index contributed by atoms with van der Waals surface area (Å²) < 4.78 is 35.4. The number of rotatable bonds is 6.